The number of carbonyl (C=O) groups is 2. The standard InChI is InChI=1S/C24H33N3O5/c28-13-21-23-19(10-17(31-21)11-22(29)25-12-14-5-6-14)18-9-16(7-8-20(18)32-23)27-24(30)26-15-3-1-2-4-15/h7-9,14-15,17,19,21,23,28H,1-6,10-13H2,(H,25,29)(H2,26,27,30)/t17-,19+,21-,23-/m0/s1. The molecule has 0 spiro atoms. The molecule has 2 aliphatic carbocycles. The van der Waals surface area contributed by atoms with E-state index >= 15 is 0 Å². The van der Waals surface area contributed by atoms with E-state index in [-0.39, 0.29) is 49.1 Å². The second-order valence-electron chi connectivity index (χ2n) is 9.69. The molecule has 174 valence electrons. The van der Waals surface area contributed by atoms with Gasteiger partial charge in [-0.3, -0.25) is 4.79 Å². The number of rotatable bonds is 7. The fourth-order valence-electron chi connectivity index (χ4n) is 5.25. The molecule has 1 aromatic rings. The van der Waals surface area contributed by atoms with Crippen molar-refractivity contribution >= 4 is 17.6 Å². The number of ether oxygens (including phenoxy) is 2. The van der Waals surface area contributed by atoms with Crippen molar-refractivity contribution in [2.75, 3.05) is 18.5 Å². The summed E-state index contributed by atoms with van der Waals surface area (Å²) >= 11 is 0. The van der Waals surface area contributed by atoms with Gasteiger partial charge in [-0.1, -0.05) is 12.8 Å². The van der Waals surface area contributed by atoms with Gasteiger partial charge < -0.3 is 30.5 Å². The Morgan fingerprint density at radius 2 is 1.94 bits per heavy atom. The fraction of sp³-hybridized carbons (Fsp3) is 0.667. The van der Waals surface area contributed by atoms with E-state index in [1.807, 2.05) is 18.2 Å². The molecular weight excluding hydrogens is 410 g/mol. The zero-order valence-corrected chi connectivity index (χ0v) is 18.3. The minimum Gasteiger partial charge on any atom is -0.487 e. The van der Waals surface area contributed by atoms with Gasteiger partial charge in [0.05, 0.1) is 19.1 Å². The number of nitrogens with one attached hydrogen (secondary N) is 3. The summed E-state index contributed by atoms with van der Waals surface area (Å²) in [6.45, 7) is 0.579. The largest absolute Gasteiger partial charge is 0.487 e. The third-order valence-corrected chi connectivity index (χ3v) is 7.15. The zero-order chi connectivity index (χ0) is 22.1. The number of fused-ring (bicyclic) bond motifs is 3. The molecule has 1 saturated heterocycles. The number of aliphatic hydroxyl groups is 1. The number of carbonyl (C=O) groups excluding carboxylic acids is 2. The lowest BCUT2D eigenvalue weighted by Crippen LogP contribution is -2.47. The predicted octanol–water partition coefficient (Wildman–Crippen LogP) is 2.66. The molecule has 4 N–H and O–H groups in total. The number of amides is 3. The van der Waals surface area contributed by atoms with Gasteiger partial charge in [-0.25, -0.2) is 4.79 Å². The highest BCUT2D eigenvalue weighted by molar-refractivity contribution is 5.89. The smallest absolute Gasteiger partial charge is 0.319 e. The zero-order valence-electron chi connectivity index (χ0n) is 18.3. The molecule has 2 heterocycles. The van der Waals surface area contributed by atoms with Crippen LogP contribution in [-0.2, 0) is 9.53 Å². The maximum atomic E-state index is 12.4. The molecule has 0 radical (unpaired) electrons. The Kier molecular flexibility index (Phi) is 6.24. The molecule has 2 aliphatic heterocycles. The van der Waals surface area contributed by atoms with E-state index in [2.05, 4.69) is 16.0 Å². The van der Waals surface area contributed by atoms with Crippen LogP contribution in [0.4, 0.5) is 10.5 Å². The molecular formula is C24H33N3O5. The summed E-state index contributed by atoms with van der Waals surface area (Å²) in [5.74, 6) is 1.39. The fourth-order valence-corrected chi connectivity index (χ4v) is 5.25. The number of anilines is 1. The minimum atomic E-state index is -0.482. The average molecular weight is 444 g/mol. The maximum Gasteiger partial charge on any atom is 0.319 e. The van der Waals surface area contributed by atoms with Gasteiger partial charge in [-0.05, 0) is 56.2 Å². The highest BCUT2D eigenvalue weighted by atomic mass is 16.6. The Bertz CT molecular complexity index is 852. The minimum absolute atomic E-state index is 0.00446. The van der Waals surface area contributed by atoms with Crippen molar-refractivity contribution in [2.45, 2.75) is 81.6 Å². The summed E-state index contributed by atoms with van der Waals surface area (Å²) in [5, 5.41) is 18.9. The lowest BCUT2D eigenvalue weighted by Gasteiger charge is -2.37. The van der Waals surface area contributed by atoms with Crippen molar-refractivity contribution < 1.29 is 24.2 Å². The number of urea groups is 1. The Morgan fingerprint density at radius 1 is 1.12 bits per heavy atom. The van der Waals surface area contributed by atoms with Crippen LogP contribution in [0.1, 0.15) is 62.8 Å². The number of aliphatic hydroxyl groups excluding tert-OH is 1. The van der Waals surface area contributed by atoms with E-state index in [1.54, 1.807) is 0 Å². The Morgan fingerprint density at radius 3 is 2.69 bits per heavy atom. The van der Waals surface area contributed by atoms with Crippen LogP contribution in [0.2, 0.25) is 0 Å². The summed E-state index contributed by atoms with van der Waals surface area (Å²) in [6.07, 6.45) is 6.67. The first-order chi connectivity index (χ1) is 15.6. The lowest BCUT2D eigenvalue weighted by atomic mass is 9.84. The molecule has 8 heteroatoms. The van der Waals surface area contributed by atoms with Crippen LogP contribution >= 0.6 is 0 Å². The van der Waals surface area contributed by atoms with E-state index in [0.29, 0.717) is 18.0 Å². The number of hydrogen-bond donors (Lipinski definition) is 4. The van der Waals surface area contributed by atoms with Crippen LogP contribution in [0.15, 0.2) is 18.2 Å². The topological polar surface area (TPSA) is 109 Å². The molecule has 4 aliphatic rings. The quantitative estimate of drug-likeness (QED) is 0.518. The highest BCUT2D eigenvalue weighted by Gasteiger charge is 2.46. The van der Waals surface area contributed by atoms with Crippen LogP contribution in [0, 0.1) is 5.92 Å². The second kappa shape index (κ2) is 9.27. The van der Waals surface area contributed by atoms with Crippen molar-refractivity contribution in [3.63, 3.8) is 0 Å². The second-order valence-corrected chi connectivity index (χ2v) is 9.69. The first-order valence-electron chi connectivity index (χ1n) is 12.0. The average Bonchev–Trinajstić information content (AvgIpc) is 3.35. The first kappa shape index (κ1) is 21.5. The van der Waals surface area contributed by atoms with E-state index in [0.717, 1.165) is 43.5 Å². The number of hydrogen-bond acceptors (Lipinski definition) is 5. The Labute approximate surface area is 188 Å². The van der Waals surface area contributed by atoms with E-state index < -0.39 is 6.10 Å². The van der Waals surface area contributed by atoms with E-state index in [4.69, 9.17) is 9.47 Å². The van der Waals surface area contributed by atoms with Gasteiger partial charge in [0.15, 0.2) is 0 Å². The lowest BCUT2D eigenvalue weighted by molar-refractivity contribution is -0.142. The third-order valence-electron chi connectivity index (χ3n) is 7.15. The summed E-state index contributed by atoms with van der Waals surface area (Å²) in [7, 11) is 0. The Balaban J connectivity index is 1.24. The molecule has 0 aromatic heterocycles. The van der Waals surface area contributed by atoms with E-state index in [9.17, 15) is 14.7 Å². The van der Waals surface area contributed by atoms with Crippen molar-refractivity contribution in [3.05, 3.63) is 23.8 Å². The molecule has 0 unspecified atom stereocenters. The van der Waals surface area contributed by atoms with Gasteiger partial charge in [0.2, 0.25) is 5.91 Å². The van der Waals surface area contributed by atoms with E-state index in [1.165, 1.54) is 12.8 Å². The molecule has 3 amide bonds. The van der Waals surface area contributed by atoms with Gasteiger partial charge in [-0.15, -0.1) is 0 Å². The number of benzene rings is 1. The summed E-state index contributed by atoms with van der Waals surface area (Å²) < 4.78 is 12.1. The van der Waals surface area contributed by atoms with Gasteiger partial charge in [0.1, 0.15) is 18.0 Å². The van der Waals surface area contributed by atoms with Crippen LogP contribution in [0.5, 0.6) is 5.75 Å². The predicted molar refractivity (Wildman–Crippen MR) is 119 cm³/mol. The normalized spacial score (nSPS) is 29.0. The summed E-state index contributed by atoms with van der Waals surface area (Å²) in [5.41, 5.74) is 1.72. The highest BCUT2D eigenvalue weighted by Crippen LogP contribution is 2.47. The maximum absolute atomic E-state index is 12.4. The SMILES string of the molecule is O=C(C[C@@H]1C[C@@H]2c3cc(NC(=O)NC4CCCC4)ccc3O[C@@H]2[C@H](CO)O1)NCC1CC1. The molecule has 4 atom stereocenters. The van der Waals surface area contributed by atoms with Crippen LogP contribution in [0.25, 0.3) is 0 Å². The molecule has 2 saturated carbocycles. The Hall–Kier alpha value is -2.32. The summed E-state index contributed by atoms with van der Waals surface area (Å²) in [4.78, 5) is 24.7. The molecule has 32 heavy (non-hydrogen) atoms. The van der Waals surface area contributed by atoms with Gasteiger partial charge in [0.25, 0.3) is 0 Å². The third kappa shape index (κ3) is 4.86. The molecule has 3 fully saturated rings. The van der Waals surface area contributed by atoms with Crippen molar-refractivity contribution in [1.29, 1.82) is 0 Å². The van der Waals surface area contributed by atoms with Crippen molar-refractivity contribution in [2.24, 2.45) is 5.92 Å². The van der Waals surface area contributed by atoms with Crippen LogP contribution in [0.3, 0.4) is 0 Å². The van der Waals surface area contributed by atoms with Crippen LogP contribution in [-0.4, -0.2) is 54.6 Å². The van der Waals surface area contributed by atoms with Gasteiger partial charge in [-0.2, -0.15) is 0 Å². The molecule has 8 nitrogen and oxygen atoms in total. The summed E-state index contributed by atoms with van der Waals surface area (Å²) in [6, 6.07) is 5.73. The first-order valence-corrected chi connectivity index (χ1v) is 12.0. The monoisotopic (exact) mass is 443 g/mol. The molecule has 1 aromatic carbocycles. The molecule has 0 bridgehead atoms. The van der Waals surface area contributed by atoms with Crippen molar-refractivity contribution in [3.8, 4) is 5.75 Å². The van der Waals surface area contributed by atoms with Crippen molar-refractivity contribution in [1.82, 2.24) is 10.6 Å². The molecule has 5 rings (SSSR count). The van der Waals surface area contributed by atoms with Gasteiger partial charge in [0, 0.05) is 29.8 Å². The van der Waals surface area contributed by atoms with Gasteiger partial charge >= 0.3 is 6.03 Å². The van der Waals surface area contributed by atoms with Crippen LogP contribution < -0.4 is 20.7 Å².